The standard InChI is InChI=1S/C16H22BF3N4O6S/c18-16(19,20)9-24(12-5-22-6-12)31(29,30)23-7-13(15(21,8-23)14(25)26)10-2-1-3-11(4-10)17(27)28/h1-4,12-13,22,27-28H,5-9,21H2,(H,25,26)/t13-,15+/m1/s1. The highest BCUT2D eigenvalue weighted by Gasteiger charge is 2.56. The van der Waals surface area contributed by atoms with E-state index < -0.39 is 66.6 Å². The fraction of sp³-hybridized carbons (Fsp3) is 0.562. The highest BCUT2D eigenvalue weighted by molar-refractivity contribution is 7.86. The Bertz CT molecular complexity index is 946. The van der Waals surface area contributed by atoms with Gasteiger partial charge in [-0.15, -0.1) is 0 Å². The largest absolute Gasteiger partial charge is 0.488 e. The lowest BCUT2D eigenvalue weighted by Crippen LogP contribution is -2.63. The molecule has 3 rings (SSSR count). The van der Waals surface area contributed by atoms with E-state index in [-0.39, 0.29) is 24.1 Å². The zero-order valence-electron chi connectivity index (χ0n) is 16.2. The Hall–Kier alpha value is -1.75. The average molecular weight is 466 g/mol. The maximum absolute atomic E-state index is 13.1. The van der Waals surface area contributed by atoms with Crippen molar-refractivity contribution in [3.8, 4) is 0 Å². The number of halogens is 3. The van der Waals surface area contributed by atoms with E-state index in [4.69, 9.17) is 5.73 Å². The van der Waals surface area contributed by atoms with Gasteiger partial charge in [0.1, 0.15) is 12.1 Å². The topological polar surface area (TPSA) is 156 Å². The summed E-state index contributed by atoms with van der Waals surface area (Å²) in [5, 5.41) is 31.2. The van der Waals surface area contributed by atoms with Crippen LogP contribution in [0.2, 0.25) is 0 Å². The van der Waals surface area contributed by atoms with Crippen LogP contribution in [0.15, 0.2) is 24.3 Å². The van der Waals surface area contributed by atoms with Gasteiger partial charge in [0, 0.05) is 32.1 Å². The SMILES string of the molecule is N[C@@]1(C(=O)O)CN(S(=O)(=O)N(CC(F)(F)F)C2CNC2)C[C@@H]1c1cccc(B(O)O)c1. The number of nitrogens with zero attached hydrogens (tertiary/aromatic N) is 2. The fourth-order valence-corrected chi connectivity index (χ4v) is 5.61. The van der Waals surface area contributed by atoms with Gasteiger partial charge in [-0.05, 0) is 11.0 Å². The van der Waals surface area contributed by atoms with Crippen molar-refractivity contribution in [2.24, 2.45) is 5.73 Å². The molecule has 15 heteroatoms. The molecular formula is C16H22BF3N4O6S. The summed E-state index contributed by atoms with van der Waals surface area (Å²) in [6.45, 7) is -2.86. The minimum atomic E-state index is -4.79. The van der Waals surface area contributed by atoms with Crippen LogP contribution in [-0.4, -0.2) is 95.8 Å². The second-order valence-electron chi connectivity index (χ2n) is 7.71. The summed E-state index contributed by atoms with van der Waals surface area (Å²) >= 11 is 0. The highest BCUT2D eigenvalue weighted by atomic mass is 32.2. The number of rotatable bonds is 7. The van der Waals surface area contributed by atoms with Gasteiger partial charge in [0.25, 0.3) is 10.2 Å². The Morgan fingerprint density at radius 2 is 2.00 bits per heavy atom. The number of carbonyl (C=O) groups is 1. The molecule has 2 saturated heterocycles. The van der Waals surface area contributed by atoms with E-state index in [1.165, 1.54) is 24.3 Å². The molecule has 10 nitrogen and oxygen atoms in total. The molecule has 0 unspecified atom stereocenters. The molecule has 0 radical (unpaired) electrons. The summed E-state index contributed by atoms with van der Waals surface area (Å²) in [7, 11) is -6.56. The smallest absolute Gasteiger partial charge is 0.480 e. The number of benzene rings is 1. The van der Waals surface area contributed by atoms with Crippen LogP contribution in [0.25, 0.3) is 0 Å². The molecule has 0 spiro atoms. The Kier molecular flexibility index (Phi) is 6.41. The first-order valence-corrected chi connectivity index (χ1v) is 10.7. The maximum Gasteiger partial charge on any atom is 0.488 e. The van der Waals surface area contributed by atoms with E-state index in [0.717, 1.165) is 0 Å². The number of hydrogen-bond acceptors (Lipinski definition) is 7. The van der Waals surface area contributed by atoms with Crippen molar-refractivity contribution < 1.29 is 41.5 Å². The van der Waals surface area contributed by atoms with Crippen LogP contribution < -0.4 is 16.5 Å². The highest BCUT2D eigenvalue weighted by Crippen LogP contribution is 2.37. The van der Waals surface area contributed by atoms with Crippen molar-refractivity contribution in [3.63, 3.8) is 0 Å². The molecule has 0 amide bonds. The van der Waals surface area contributed by atoms with Crippen LogP contribution in [0.5, 0.6) is 0 Å². The summed E-state index contributed by atoms with van der Waals surface area (Å²) in [6, 6.07) is 4.58. The molecule has 1 aromatic rings. The van der Waals surface area contributed by atoms with Gasteiger partial charge in [-0.1, -0.05) is 24.3 Å². The third-order valence-corrected chi connectivity index (χ3v) is 7.53. The van der Waals surface area contributed by atoms with E-state index >= 15 is 0 Å². The summed E-state index contributed by atoms with van der Waals surface area (Å²) in [5.41, 5.74) is 4.18. The lowest BCUT2D eigenvalue weighted by molar-refractivity contribution is -0.143. The van der Waals surface area contributed by atoms with Crippen LogP contribution in [0.1, 0.15) is 11.5 Å². The molecule has 2 aliphatic heterocycles. The van der Waals surface area contributed by atoms with Gasteiger partial charge in [-0.3, -0.25) is 4.79 Å². The Balaban J connectivity index is 1.97. The molecule has 0 saturated carbocycles. The molecule has 172 valence electrons. The molecule has 0 aliphatic carbocycles. The first-order chi connectivity index (χ1) is 14.3. The van der Waals surface area contributed by atoms with Crippen molar-refractivity contribution in [1.82, 2.24) is 13.9 Å². The van der Waals surface area contributed by atoms with E-state index in [0.29, 0.717) is 8.61 Å². The third-order valence-electron chi connectivity index (χ3n) is 5.58. The Morgan fingerprint density at radius 3 is 2.48 bits per heavy atom. The van der Waals surface area contributed by atoms with Crippen molar-refractivity contribution >= 4 is 28.8 Å². The first-order valence-electron chi connectivity index (χ1n) is 9.28. The molecule has 2 atom stereocenters. The van der Waals surface area contributed by atoms with Crippen LogP contribution in [0.3, 0.4) is 0 Å². The minimum Gasteiger partial charge on any atom is -0.480 e. The van der Waals surface area contributed by atoms with Gasteiger partial charge in [0.15, 0.2) is 0 Å². The third kappa shape index (κ3) is 4.72. The van der Waals surface area contributed by atoms with Crippen molar-refractivity contribution in [2.75, 3.05) is 32.7 Å². The van der Waals surface area contributed by atoms with Crippen molar-refractivity contribution in [1.29, 1.82) is 0 Å². The summed E-state index contributed by atoms with van der Waals surface area (Å²) in [4.78, 5) is 11.9. The maximum atomic E-state index is 13.1. The molecule has 2 fully saturated rings. The van der Waals surface area contributed by atoms with Crippen molar-refractivity contribution in [2.45, 2.75) is 23.7 Å². The zero-order valence-corrected chi connectivity index (χ0v) is 17.0. The average Bonchev–Trinajstić information content (AvgIpc) is 2.98. The first kappa shape index (κ1) is 23.9. The second kappa shape index (κ2) is 8.31. The molecular weight excluding hydrogens is 444 g/mol. The van der Waals surface area contributed by atoms with E-state index in [2.05, 4.69) is 5.32 Å². The van der Waals surface area contributed by atoms with Gasteiger partial charge in [0.2, 0.25) is 0 Å². The number of alkyl halides is 3. The fourth-order valence-electron chi connectivity index (χ4n) is 3.77. The zero-order chi connectivity index (χ0) is 23.2. The van der Waals surface area contributed by atoms with Crippen LogP contribution in [0, 0.1) is 0 Å². The molecule has 31 heavy (non-hydrogen) atoms. The van der Waals surface area contributed by atoms with Gasteiger partial charge >= 0.3 is 19.3 Å². The van der Waals surface area contributed by atoms with Crippen LogP contribution in [0.4, 0.5) is 13.2 Å². The number of aliphatic carboxylic acids is 1. The second-order valence-corrected chi connectivity index (χ2v) is 9.60. The van der Waals surface area contributed by atoms with E-state index in [1.807, 2.05) is 0 Å². The molecule has 2 aliphatic rings. The molecule has 6 N–H and O–H groups in total. The van der Waals surface area contributed by atoms with Crippen LogP contribution >= 0.6 is 0 Å². The van der Waals surface area contributed by atoms with Crippen molar-refractivity contribution in [3.05, 3.63) is 29.8 Å². The Morgan fingerprint density at radius 1 is 1.35 bits per heavy atom. The molecule has 0 aromatic heterocycles. The molecule has 0 bridgehead atoms. The summed E-state index contributed by atoms with van der Waals surface area (Å²) < 4.78 is 66.4. The molecule has 1 aromatic carbocycles. The number of hydrogen-bond donors (Lipinski definition) is 5. The predicted molar refractivity (Wildman–Crippen MR) is 103 cm³/mol. The Labute approximate surface area is 176 Å². The summed E-state index contributed by atoms with van der Waals surface area (Å²) in [5.74, 6) is -2.66. The number of nitrogens with one attached hydrogen (secondary N) is 1. The lowest BCUT2D eigenvalue weighted by atomic mass is 9.76. The minimum absolute atomic E-state index is 0.0331. The van der Waals surface area contributed by atoms with E-state index in [9.17, 15) is 41.5 Å². The molecule has 2 heterocycles. The monoisotopic (exact) mass is 466 g/mol. The lowest BCUT2D eigenvalue weighted by Gasteiger charge is -2.39. The number of carboxylic acids is 1. The summed E-state index contributed by atoms with van der Waals surface area (Å²) in [6.07, 6.45) is -4.79. The van der Waals surface area contributed by atoms with Gasteiger partial charge in [0.05, 0.1) is 6.04 Å². The van der Waals surface area contributed by atoms with Crippen LogP contribution in [-0.2, 0) is 15.0 Å². The quantitative estimate of drug-likeness (QED) is 0.279. The number of carboxylic acid groups (broad SMARTS) is 1. The normalized spacial score (nSPS) is 25.6. The van der Waals surface area contributed by atoms with Gasteiger partial charge < -0.3 is 26.2 Å². The number of nitrogens with two attached hydrogens (primary N) is 1. The van der Waals surface area contributed by atoms with Gasteiger partial charge in [-0.25, -0.2) is 0 Å². The van der Waals surface area contributed by atoms with E-state index in [1.54, 1.807) is 0 Å². The predicted octanol–water partition coefficient (Wildman–Crippen LogP) is -2.37. The van der Waals surface area contributed by atoms with Gasteiger partial charge in [-0.2, -0.15) is 30.2 Å².